The Hall–Kier alpha value is -3.64. The number of ketones is 1. The van der Waals surface area contributed by atoms with Crippen molar-refractivity contribution in [1.29, 1.82) is 0 Å². The molecule has 5 rings (SSSR count). The lowest BCUT2D eigenvalue weighted by atomic mass is 9.85. The fraction of sp³-hybridized carbons (Fsp3) is 0.667. The molecular formula is C33H43F3N4O6. The smallest absolute Gasteiger partial charge is 0.428 e. The number of amides is 2. The van der Waals surface area contributed by atoms with Crippen molar-refractivity contribution in [2.75, 3.05) is 13.7 Å². The summed E-state index contributed by atoms with van der Waals surface area (Å²) in [6, 6.07) is 3.18. The molecule has 6 atom stereocenters. The molecule has 252 valence electrons. The van der Waals surface area contributed by atoms with Gasteiger partial charge in [0.25, 0.3) is 0 Å². The third-order valence-electron chi connectivity index (χ3n) is 9.58. The van der Waals surface area contributed by atoms with Crippen LogP contribution in [0.1, 0.15) is 78.8 Å². The number of fused-ring (bicyclic) bond motifs is 5. The minimum Gasteiger partial charge on any atom is -0.497 e. The predicted molar refractivity (Wildman–Crippen MR) is 162 cm³/mol. The number of benzene rings is 1. The summed E-state index contributed by atoms with van der Waals surface area (Å²) in [4.78, 5) is 51.4. The fourth-order valence-electron chi connectivity index (χ4n) is 6.98. The summed E-state index contributed by atoms with van der Waals surface area (Å²) in [6.45, 7) is 8.38. The number of rotatable bonds is 3. The number of carbonyl (C=O) groups is 3. The van der Waals surface area contributed by atoms with Crippen molar-refractivity contribution in [1.82, 2.24) is 20.2 Å². The molecule has 1 aromatic carbocycles. The molecule has 2 bridgehead atoms. The van der Waals surface area contributed by atoms with Gasteiger partial charge in [0.05, 0.1) is 30.7 Å². The Morgan fingerprint density at radius 1 is 1.13 bits per heavy atom. The van der Waals surface area contributed by atoms with Gasteiger partial charge in [-0.2, -0.15) is 13.2 Å². The van der Waals surface area contributed by atoms with Crippen molar-refractivity contribution < 1.29 is 41.8 Å². The van der Waals surface area contributed by atoms with Crippen LogP contribution < -0.4 is 14.8 Å². The maximum atomic E-state index is 14.3. The Morgan fingerprint density at radius 3 is 2.50 bits per heavy atom. The first-order chi connectivity index (χ1) is 21.6. The average molecular weight is 649 g/mol. The van der Waals surface area contributed by atoms with Gasteiger partial charge in [-0.25, -0.2) is 14.8 Å². The zero-order valence-electron chi connectivity index (χ0n) is 27.2. The number of nitrogens with one attached hydrogen (secondary N) is 1. The molecule has 0 unspecified atom stereocenters. The van der Waals surface area contributed by atoms with E-state index in [0.717, 1.165) is 0 Å². The Labute approximate surface area is 266 Å². The number of hydrogen-bond acceptors (Lipinski definition) is 8. The number of nitrogens with zero attached hydrogens (tertiary/aromatic N) is 3. The summed E-state index contributed by atoms with van der Waals surface area (Å²) in [6.07, 6.45) is -4.09. The highest BCUT2D eigenvalue weighted by Crippen LogP contribution is 2.59. The summed E-state index contributed by atoms with van der Waals surface area (Å²) in [5, 5.41) is 2.45. The molecule has 2 aromatic rings. The molecule has 3 aliphatic rings. The van der Waals surface area contributed by atoms with Gasteiger partial charge in [0.1, 0.15) is 23.6 Å². The summed E-state index contributed by atoms with van der Waals surface area (Å²) in [7, 11) is 1.55. The minimum atomic E-state index is -4.76. The Kier molecular flexibility index (Phi) is 9.18. The maximum absolute atomic E-state index is 14.3. The standard InChI is InChI=1S/C33H43F3N4O6/c1-7-21-25-17-40(26(21)18(2)41)29(42)27(31(3,4)5)39-30(43)46-32(33(34,35)36)16-19(32)11-9-8-10-12-23-28(45-25)38-24-15-20(44-6)13-14-22(24)37-23/h13-15,19,21,25-27H,7-12,16-17H2,1-6H3,(H,39,43)/t19-,21-,25+,26-,27-,32-/m1/s1. The first-order valence-electron chi connectivity index (χ1n) is 16.0. The highest BCUT2D eigenvalue weighted by molar-refractivity contribution is 5.92. The van der Waals surface area contributed by atoms with E-state index < -0.39 is 59.2 Å². The zero-order valence-corrected chi connectivity index (χ0v) is 27.2. The van der Waals surface area contributed by atoms with E-state index in [1.165, 1.54) is 11.8 Å². The van der Waals surface area contributed by atoms with E-state index in [0.29, 0.717) is 54.6 Å². The van der Waals surface area contributed by atoms with Crippen LogP contribution in [0.2, 0.25) is 0 Å². The van der Waals surface area contributed by atoms with Crippen LogP contribution in [0, 0.1) is 17.3 Å². The third kappa shape index (κ3) is 6.46. The molecule has 46 heavy (non-hydrogen) atoms. The SMILES string of the molecule is CC[C@@H]1[C@@H]2CN(C(=O)[C@H](C(C)(C)C)NC(=O)O[C@]3(C(F)(F)F)C[C@H]3CCCCCc3nc4ccc(OC)cc4nc3O2)[C@@H]1C(C)=O. The maximum Gasteiger partial charge on any atom is 0.428 e. The number of methoxy groups -OCH3 is 1. The number of ether oxygens (including phenoxy) is 3. The van der Waals surface area contributed by atoms with Crippen molar-refractivity contribution in [2.45, 2.75) is 110 Å². The zero-order chi connectivity index (χ0) is 33.6. The normalized spacial score (nSPS) is 29.4. The molecule has 13 heteroatoms. The highest BCUT2D eigenvalue weighted by atomic mass is 19.4. The Morgan fingerprint density at radius 2 is 1.87 bits per heavy atom. The number of Topliss-reactive ketones (excluding diaryl/α,β-unsaturated/α-hetero) is 1. The van der Waals surface area contributed by atoms with Gasteiger partial charge in [0.15, 0.2) is 5.78 Å². The molecule has 2 aliphatic heterocycles. The van der Waals surface area contributed by atoms with E-state index >= 15 is 0 Å². The monoisotopic (exact) mass is 648 g/mol. The molecular weight excluding hydrogens is 605 g/mol. The lowest BCUT2D eigenvalue weighted by Crippen LogP contribution is -2.58. The molecule has 0 radical (unpaired) electrons. The number of hydrogen-bond donors (Lipinski definition) is 1. The third-order valence-corrected chi connectivity index (χ3v) is 9.58. The molecule has 0 spiro atoms. The number of carbonyl (C=O) groups excluding carboxylic acids is 3. The van der Waals surface area contributed by atoms with Crippen LogP contribution >= 0.6 is 0 Å². The van der Waals surface area contributed by atoms with Gasteiger partial charge in [0.2, 0.25) is 17.4 Å². The molecule has 2 fully saturated rings. The van der Waals surface area contributed by atoms with E-state index in [4.69, 9.17) is 24.2 Å². The molecule has 2 amide bonds. The molecule has 1 aromatic heterocycles. The van der Waals surface area contributed by atoms with Crippen LogP contribution in [0.25, 0.3) is 11.0 Å². The van der Waals surface area contributed by atoms with E-state index in [1.807, 2.05) is 6.92 Å². The van der Waals surface area contributed by atoms with Gasteiger partial charge in [0, 0.05) is 24.3 Å². The number of alkyl halides is 3. The van der Waals surface area contributed by atoms with Gasteiger partial charge in [-0.05, 0) is 50.2 Å². The largest absolute Gasteiger partial charge is 0.497 e. The molecule has 1 saturated heterocycles. The molecule has 3 heterocycles. The van der Waals surface area contributed by atoms with Crippen LogP contribution in [0.4, 0.5) is 18.0 Å². The van der Waals surface area contributed by atoms with Gasteiger partial charge in [-0.1, -0.05) is 40.5 Å². The lowest BCUT2D eigenvalue weighted by molar-refractivity contribution is -0.223. The summed E-state index contributed by atoms with van der Waals surface area (Å²) < 4.78 is 59.9. The Bertz CT molecular complexity index is 1490. The average Bonchev–Trinajstić information content (AvgIpc) is 3.55. The molecule has 1 saturated carbocycles. The predicted octanol–water partition coefficient (Wildman–Crippen LogP) is 5.79. The second-order valence-electron chi connectivity index (χ2n) is 13.8. The quantitative estimate of drug-likeness (QED) is 0.444. The van der Waals surface area contributed by atoms with Crippen LogP contribution in [-0.4, -0.2) is 76.3 Å². The lowest BCUT2D eigenvalue weighted by Gasteiger charge is -2.35. The van der Waals surface area contributed by atoms with Gasteiger partial charge >= 0.3 is 12.3 Å². The topological polar surface area (TPSA) is 120 Å². The van der Waals surface area contributed by atoms with E-state index in [1.54, 1.807) is 46.1 Å². The second kappa shape index (κ2) is 12.5. The molecule has 1 N–H and O–H groups in total. The number of halogens is 3. The van der Waals surface area contributed by atoms with E-state index in [-0.39, 0.29) is 31.0 Å². The summed E-state index contributed by atoms with van der Waals surface area (Å²) in [5.41, 5.74) is -1.74. The van der Waals surface area contributed by atoms with Crippen molar-refractivity contribution in [3.05, 3.63) is 23.9 Å². The van der Waals surface area contributed by atoms with Gasteiger partial charge in [-0.3, -0.25) is 9.59 Å². The first-order valence-corrected chi connectivity index (χ1v) is 16.0. The van der Waals surface area contributed by atoms with E-state index in [9.17, 15) is 27.6 Å². The number of alkyl carbamates (subject to hydrolysis) is 1. The fourth-order valence-corrected chi connectivity index (χ4v) is 6.98. The second-order valence-corrected chi connectivity index (χ2v) is 13.8. The van der Waals surface area contributed by atoms with Crippen LogP contribution in [0.3, 0.4) is 0 Å². The van der Waals surface area contributed by atoms with Crippen LogP contribution in [-0.2, 0) is 20.7 Å². The first kappa shape index (κ1) is 33.7. The highest BCUT2D eigenvalue weighted by Gasteiger charge is 2.74. The molecule has 10 nitrogen and oxygen atoms in total. The Balaban J connectivity index is 1.56. The summed E-state index contributed by atoms with van der Waals surface area (Å²) >= 11 is 0. The van der Waals surface area contributed by atoms with Crippen molar-refractivity contribution >= 4 is 28.8 Å². The van der Waals surface area contributed by atoms with Gasteiger partial charge < -0.3 is 24.4 Å². The van der Waals surface area contributed by atoms with Gasteiger partial charge in [-0.15, -0.1) is 0 Å². The number of aromatic nitrogens is 2. The van der Waals surface area contributed by atoms with E-state index in [2.05, 4.69) is 5.32 Å². The van der Waals surface area contributed by atoms with Crippen LogP contribution in [0.15, 0.2) is 18.2 Å². The minimum absolute atomic E-state index is 0.0106. The summed E-state index contributed by atoms with van der Waals surface area (Å²) in [5.74, 6) is -1.27. The van der Waals surface area contributed by atoms with Crippen molar-refractivity contribution in [3.8, 4) is 11.6 Å². The van der Waals surface area contributed by atoms with Crippen molar-refractivity contribution in [3.63, 3.8) is 0 Å². The van der Waals surface area contributed by atoms with Crippen LogP contribution in [0.5, 0.6) is 11.6 Å². The van der Waals surface area contributed by atoms with Crippen molar-refractivity contribution in [2.24, 2.45) is 17.3 Å². The number of aryl methyl sites for hydroxylation is 1. The molecule has 1 aliphatic carbocycles.